The van der Waals surface area contributed by atoms with Crippen molar-refractivity contribution in [2.45, 2.75) is 11.3 Å². The minimum absolute atomic E-state index is 0.0421. The average molecular weight is 613 g/mol. The molecule has 0 radical (unpaired) electrons. The average Bonchev–Trinajstić information content (AvgIpc) is 2.91. The Hall–Kier alpha value is -5.06. The van der Waals surface area contributed by atoms with Gasteiger partial charge in [-0.05, 0) is 36.6 Å². The molecule has 2 aromatic carbocycles. The van der Waals surface area contributed by atoms with Gasteiger partial charge >= 0.3 is 12.1 Å². The molecule has 2 aromatic heterocycles. The number of rotatable bonds is 7. The fraction of sp³-hybridized carbons (Fsp3) is 0.0800. The number of benzene rings is 2. The van der Waals surface area contributed by atoms with Crippen LogP contribution in [0.1, 0.15) is 10.4 Å². The van der Waals surface area contributed by atoms with Crippen molar-refractivity contribution in [2.75, 3.05) is 22.6 Å². The van der Waals surface area contributed by atoms with Crippen molar-refractivity contribution in [3.05, 3.63) is 83.9 Å². The Morgan fingerprint density at radius 1 is 1.00 bits per heavy atom. The number of aromatic nitrogens is 3. The molecule has 4 aromatic rings. The van der Waals surface area contributed by atoms with Crippen molar-refractivity contribution in [2.24, 2.45) is 0 Å². The third kappa shape index (κ3) is 8.72. The summed E-state index contributed by atoms with van der Waals surface area (Å²) < 4.78 is 79.1. The largest absolute Gasteiger partial charge is 0.490 e. The third-order valence-corrected chi connectivity index (χ3v) is 5.35. The van der Waals surface area contributed by atoms with Crippen LogP contribution in [0, 0.1) is 17.5 Å². The number of carboxylic acid groups (broad SMARTS) is 1. The fourth-order valence-corrected chi connectivity index (χ4v) is 3.26. The van der Waals surface area contributed by atoms with Gasteiger partial charge < -0.3 is 26.2 Å². The zero-order valence-corrected chi connectivity index (χ0v) is 21.9. The van der Waals surface area contributed by atoms with Crippen LogP contribution in [0.25, 0.3) is 0 Å². The SMILES string of the molecule is CSc1ncc(C(=O)Nc2ccc(F)cc2F)c(Nc2ccc(Oc3ccnc(N)c3)c(F)c2)n1.O=C(O)C(F)(F)F. The number of nitrogens with one attached hydrogen (secondary N) is 2. The molecule has 1 amide bonds. The third-order valence-electron chi connectivity index (χ3n) is 4.79. The Balaban J connectivity index is 0.000000616. The second-order valence-electron chi connectivity index (χ2n) is 7.79. The number of anilines is 4. The molecular weight excluding hydrogens is 594 g/mol. The van der Waals surface area contributed by atoms with E-state index in [-0.39, 0.29) is 34.3 Å². The maximum absolute atomic E-state index is 14.7. The number of pyridine rings is 1. The first-order valence-corrected chi connectivity index (χ1v) is 12.4. The highest BCUT2D eigenvalue weighted by Crippen LogP contribution is 2.29. The lowest BCUT2D eigenvalue weighted by molar-refractivity contribution is -0.192. The number of amides is 1. The normalized spacial score (nSPS) is 10.7. The summed E-state index contributed by atoms with van der Waals surface area (Å²) in [6.45, 7) is 0. The predicted octanol–water partition coefficient (Wildman–Crippen LogP) is 6.01. The lowest BCUT2D eigenvalue weighted by Gasteiger charge is -2.13. The highest BCUT2D eigenvalue weighted by atomic mass is 32.2. The van der Waals surface area contributed by atoms with E-state index in [0.29, 0.717) is 17.0 Å². The van der Waals surface area contributed by atoms with Gasteiger partial charge in [0, 0.05) is 36.3 Å². The summed E-state index contributed by atoms with van der Waals surface area (Å²) in [5.74, 6) is -5.39. The van der Waals surface area contributed by atoms with Crippen LogP contribution >= 0.6 is 11.8 Å². The molecule has 0 aliphatic heterocycles. The molecule has 0 saturated heterocycles. The summed E-state index contributed by atoms with van der Waals surface area (Å²) in [6, 6.07) is 9.79. The Labute approximate surface area is 237 Å². The van der Waals surface area contributed by atoms with E-state index in [0.717, 1.165) is 18.2 Å². The lowest BCUT2D eigenvalue weighted by Crippen LogP contribution is -2.21. The molecule has 0 saturated carbocycles. The number of carboxylic acids is 1. The van der Waals surface area contributed by atoms with Gasteiger partial charge in [0.2, 0.25) is 0 Å². The molecule has 42 heavy (non-hydrogen) atoms. The van der Waals surface area contributed by atoms with Crippen molar-refractivity contribution >= 4 is 46.6 Å². The van der Waals surface area contributed by atoms with Crippen LogP contribution in [-0.2, 0) is 4.79 Å². The molecule has 0 aliphatic rings. The van der Waals surface area contributed by atoms with Gasteiger partial charge in [0.15, 0.2) is 16.7 Å². The van der Waals surface area contributed by atoms with Crippen molar-refractivity contribution in [1.82, 2.24) is 15.0 Å². The van der Waals surface area contributed by atoms with E-state index < -0.39 is 35.5 Å². The predicted molar refractivity (Wildman–Crippen MR) is 140 cm³/mol. The van der Waals surface area contributed by atoms with Crippen LogP contribution in [0.3, 0.4) is 0 Å². The maximum Gasteiger partial charge on any atom is 0.490 e. The summed E-state index contributed by atoms with van der Waals surface area (Å²) in [6.07, 6.45) is -0.661. The van der Waals surface area contributed by atoms with Crippen LogP contribution in [0.15, 0.2) is 66.1 Å². The van der Waals surface area contributed by atoms with Crippen LogP contribution in [0.2, 0.25) is 0 Å². The van der Waals surface area contributed by atoms with E-state index in [9.17, 15) is 31.1 Å². The van der Waals surface area contributed by atoms with Gasteiger partial charge in [-0.3, -0.25) is 4.79 Å². The first kappa shape index (κ1) is 31.5. The number of thioether (sulfide) groups is 1. The van der Waals surface area contributed by atoms with E-state index in [2.05, 4.69) is 25.6 Å². The smallest absolute Gasteiger partial charge is 0.475 e. The van der Waals surface area contributed by atoms with Crippen molar-refractivity contribution in [3.8, 4) is 11.5 Å². The molecule has 2 heterocycles. The van der Waals surface area contributed by atoms with E-state index in [1.54, 1.807) is 6.26 Å². The second kappa shape index (κ2) is 13.5. The Morgan fingerprint density at radius 2 is 1.71 bits per heavy atom. The number of hydrogen-bond donors (Lipinski definition) is 4. The number of nitrogens with zero attached hydrogens (tertiary/aromatic N) is 3. The van der Waals surface area contributed by atoms with Crippen LogP contribution < -0.4 is 21.1 Å². The number of ether oxygens (including phenoxy) is 1. The number of aliphatic carboxylic acids is 1. The standard InChI is InChI=1S/C23H17F3N6O2S.C2HF3O2/c1-35-23-29-11-15(22(33)31-18-4-2-12(24)8-16(18)25)21(32-23)30-13-3-5-19(17(26)9-13)34-14-6-7-28-20(27)10-14;3-2(4,5)1(6)7/h2-11H,1H3,(H2,27,28)(H,31,33)(H,29,30,32);(H,6,7). The zero-order valence-electron chi connectivity index (χ0n) is 21.0. The molecule has 10 nitrogen and oxygen atoms in total. The fourth-order valence-electron chi connectivity index (χ4n) is 2.92. The molecule has 4 rings (SSSR count). The number of carbonyl (C=O) groups is 2. The van der Waals surface area contributed by atoms with Gasteiger partial charge in [0.25, 0.3) is 5.91 Å². The van der Waals surface area contributed by atoms with Crippen LogP contribution in [-0.4, -0.2) is 44.4 Å². The highest BCUT2D eigenvalue weighted by Gasteiger charge is 2.38. The van der Waals surface area contributed by atoms with Gasteiger partial charge in [-0.25, -0.2) is 32.9 Å². The van der Waals surface area contributed by atoms with Crippen LogP contribution in [0.5, 0.6) is 11.5 Å². The molecule has 5 N–H and O–H groups in total. The molecule has 0 aliphatic carbocycles. The van der Waals surface area contributed by atoms with Gasteiger partial charge in [-0.1, -0.05) is 11.8 Å². The monoisotopic (exact) mass is 612 g/mol. The summed E-state index contributed by atoms with van der Waals surface area (Å²) in [7, 11) is 0. The number of hydrogen-bond acceptors (Lipinski definition) is 9. The van der Waals surface area contributed by atoms with E-state index in [4.69, 9.17) is 20.4 Å². The lowest BCUT2D eigenvalue weighted by atomic mass is 10.2. The first-order chi connectivity index (χ1) is 19.8. The maximum atomic E-state index is 14.7. The summed E-state index contributed by atoms with van der Waals surface area (Å²) in [4.78, 5) is 33.9. The molecular formula is C25H18F6N6O4S. The Morgan fingerprint density at radius 3 is 2.31 bits per heavy atom. The van der Waals surface area contributed by atoms with E-state index >= 15 is 0 Å². The number of carbonyl (C=O) groups excluding carboxylic acids is 1. The van der Waals surface area contributed by atoms with Crippen LogP contribution in [0.4, 0.5) is 49.4 Å². The molecule has 0 unspecified atom stereocenters. The van der Waals surface area contributed by atoms with Gasteiger partial charge in [-0.2, -0.15) is 13.2 Å². The summed E-state index contributed by atoms with van der Waals surface area (Å²) in [5, 5.41) is 12.7. The molecule has 17 heteroatoms. The molecule has 0 atom stereocenters. The number of nitrogens with two attached hydrogens (primary N) is 1. The van der Waals surface area contributed by atoms with Gasteiger partial charge in [0.05, 0.1) is 5.69 Å². The molecule has 220 valence electrons. The van der Waals surface area contributed by atoms with Crippen molar-refractivity contribution < 1.29 is 45.8 Å². The summed E-state index contributed by atoms with van der Waals surface area (Å²) >= 11 is 1.22. The quantitative estimate of drug-likeness (QED) is 0.111. The summed E-state index contributed by atoms with van der Waals surface area (Å²) in [5.41, 5.74) is 5.60. The number of nitrogen functional groups attached to an aromatic ring is 1. The highest BCUT2D eigenvalue weighted by molar-refractivity contribution is 7.98. The molecule has 0 spiro atoms. The number of halogens is 6. The topological polar surface area (TPSA) is 152 Å². The van der Waals surface area contributed by atoms with E-state index in [1.807, 2.05) is 0 Å². The molecule has 0 fully saturated rings. The second-order valence-corrected chi connectivity index (χ2v) is 8.56. The van der Waals surface area contributed by atoms with Gasteiger partial charge in [-0.15, -0.1) is 0 Å². The minimum atomic E-state index is -5.08. The van der Waals surface area contributed by atoms with Crippen molar-refractivity contribution in [3.63, 3.8) is 0 Å². The van der Waals surface area contributed by atoms with E-state index in [1.165, 1.54) is 48.4 Å². The molecule has 0 bridgehead atoms. The first-order valence-electron chi connectivity index (χ1n) is 11.2. The zero-order chi connectivity index (χ0) is 31.0. The minimum Gasteiger partial charge on any atom is -0.475 e. The Kier molecular flexibility index (Phi) is 10.1. The Bertz CT molecular complexity index is 1610. The van der Waals surface area contributed by atoms with Gasteiger partial charge in [0.1, 0.15) is 34.6 Å². The number of alkyl halides is 3. The van der Waals surface area contributed by atoms with Crippen molar-refractivity contribution in [1.29, 1.82) is 0 Å².